The number of halogens is 1. The molecule has 1 aliphatic heterocycles. The minimum atomic E-state index is -0.517. The van der Waals surface area contributed by atoms with Crippen molar-refractivity contribution in [1.82, 2.24) is 10.2 Å². The van der Waals surface area contributed by atoms with E-state index in [1.165, 1.54) is 25.3 Å². The predicted octanol–water partition coefficient (Wildman–Crippen LogP) is 2.87. The summed E-state index contributed by atoms with van der Waals surface area (Å²) < 4.78 is 9.62. The number of rotatable bonds is 4. The Labute approximate surface area is 156 Å². The molecule has 0 unspecified atom stereocenters. The predicted molar refractivity (Wildman–Crippen MR) is 96.6 cm³/mol. The minimum absolute atomic E-state index is 0.0664. The van der Waals surface area contributed by atoms with Gasteiger partial charge in [0.25, 0.3) is 0 Å². The number of amides is 3. The van der Waals surface area contributed by atoms with E-state index in [4.69, 9.17) is 16.3 Å². The molecule has 1 aromatic rings. The maximum absolute atomic E-state index is 12.2. The summed E-state index contributed by atoms with van der Waals surface area (Å²) in [7, 11) is 1.28. The number of esters is 1. The topological polar surface area (TPSA) is 97.0 Å². The van der Waals surface area contributed by atoms with Crippen molar-refractivity contribution in [3.8, 4) is 0 Å². The molecule has 0 atom stereocenters. The fourth-order valence-corrected chi connectivity index (χ4v) is 2.80. The van der Waals surface area contributed by atoms with Gasteiger partial charge in [-0.2, -0.15) is 0 Å². The summed E-state index contributed by atoms with van der Waals surface area (Å²) in [4.78, 5) is 37.1. The molecule has 3 amide bonds. The van der Waals surface area contributed by atoms with Crippen molar-refractivity contribution in [2.75, 3.05) is 32.1 Å². The summed E-state index contributed by atoms with van der Waals surface area (Å²) in [5.41, 5.74) is 0.603. The van der Waals surface area contributed by atoms with Crippen molar-refractivity contribution in [2.45, 2.75) is 25.8 Å². The van der Waals surface area contributed by atoms with Crippen molar-refractivity contribution in [3.05, 3.63) is 28.8 Å². The fraction of sp³-hybridized carbons (Fsp3) is 0.471. The number of carbonyl (C=O) groups excluding carboxylic acids is 3. The summed E-state index contributed by atoms with van der Waals surface area (Å²) in [5, 5.41) is 5.79. The number of hydrogen-bond donors (Lipinski definition) is 2. The first-order valence-electron chi connectivity index (χ1n) is 8.31. The highest BCUT2D eigenvalue weighted by Crippen LogP contribution is 2.23. The number of carbonyl (C=O) groups is 3. The van der Waals surface area contributed by atoms with E-state index in [0.717, 1.165) is 0 Å². The Morgan fingerprint density at radius 2 is 1.96 bits per heavy atom. The second-order valence-electron chi connectivity index (χ2n) is 5.74. The maximum Gasteiger partial charge on any atom is 0.409 e. The van der Waals surface area contributed by atoms with Crippen LogP contribution in [0, 0.1) is 0 Å². The number of nitrogens with one attached hydrogen (secondary N) is 2. The average Bonchev–Trinajstić information content (AvgIpc) is 2.63. The number of likely N-dealkylation sites (tertiary alicyclic amines) is 1. The first kappa shape index (κ1) is 19.8. The molecule has 142 valence electrons. The summed E-state index contributed by atoms with van der Waals surface area (Å²) in [6.45, 7) is 3.13. The smallest absolute Gasteiger partial charge is 0.409 e. The lowest BCUT2D eigenvalue weighted by Crippen LogP contribution is -2.47. The summed E-state index contributed by atoms with van der Waals surface area (Å²) in [6, 6.07) is 3.99. The monoisotopic (exact) mass is 383 g/mol. The highest BCUT2D eigenvalue weighted by Gasteiger charge is 2.24. The molecule has 26 heavy (non-hydrogen) atoms. The molecule has 1 saturated heterocycles. The van der Waals surface area contributed by atoms with E-state index in [1.54, 1.807) is 11.8 Å². The Morgan fingerprint density at radius 3 is 2.58 bits per heavy atom. The second kappa shape index (κ2) is 9.28. The third kappa shape index (κ3) is 5.26. The number of methoxy groups -OCH3 is 1. The largest absolute Gasteiger partial charge is 0.465 e. The molecule has 0 aromatic heterocycles. The van der Waals surface area contributed by atoms with Crippen molar-refractivity contribution in [3.63, 3.8) is 0 Å². The first-order chi connectivity index (χ1) is 12.4. The molecule has 8 nitrogen and oxygen atoms in total. The molecule has 2 rings (SSSR count). The number of urea groups is 1. The minimum Gasteiger partial charge on any atom is -0.465 e. The van der Waals surface area contributed by atoms with Gasteiger partial charge in [0.2, 0.25) is 0 Å². The van der Waals surface area contributed by atoms with E-state index in [0.29, 0.717) is 43.2 Å². The van der Waals surface area contributed by atoms with E-state index >= 15 is 0 Å². The number of benzene rings is 1. The highest BCUT2D eigenvalue weighted by atomic mass is 35.5. The van der Waals surface area contributed by atoms with E-state index in [9.17, 15) is 14.4 Å². The number of anilines is 1. The summed E-state index contributed by atoms with van der Waals surface area (Å²) >= 11 is 6.06. The van der Waals surface area contributed by atoms with Crippen LogP contribution in [0.2, 0.25) is 5.02 Å². The SMILES string of the molecule is CCOC(=O)N1CCC(NC(=O)Nc2cc(C(=O)OC)ccc2Cl)CC1. The molecule has 0 spiro atoms. The van der Waals surface area contributed by atoms with Gasteiger partial charge in [-0.05, 0) is 38.0 Å². The lowest BCUT2D eigenvalue weighted by molar-refractivity contribution is 0.0600. The Balaban J connectivity index is 1.88. The van der Waals surface area contributed by atoms with E-state index < -0.39 is 12.0 Å². The van der Waals surface area contributed by atoms with Crippen LogP contribution in [0.5, 0.6) is 0 Å². The van der Waals surface area contributed by atoms with Gasteiger partial charge in [0.05, 0.1) is 30.0 Å². The zero-order valence-corrected chi connectivity index (χ0v) is 15.5. The quantitative estimate of drug-likeness (QED) is 0.779. The van der Waals surface area contributed by atoms with Crippen LogP contribution in [-0.4, -0.2) is 55.8 Å². The van der Waals surface area contributed by atoms with Gasteiger partial charge in [-0.25, -0.2) is 14.4 Å². The van der Waals surface area contributed by atoms with Crippen LogP contribution < -0.4 is 10.6 Å². The van der Waals surface area contributed by atoms with Gasteiger partial charge >= 0.3 is 18.1 Å². The number of hydrogen-bond acceptors (Lipinski definition) is 5. The van der Waals surface area contributed by atoms with Crippen LogP contribution in [0.4, 0.5) is 15.3 Å². The van der Waals surface area contributed by atoms with E-state index in [-0.39, 0.29) is 17.7 Å². The normalized spacial score (nSPS) is 14.5. The molecule has 2 N–H and O–H groups in total. The highest BCUT2D eigenvalue weighted by molar-refractivity contribution is 6.33. The number of ether oxygens (including phenoxy) is 2. The zero-order valence-electron chi connectivity index (χ0n) is 14.7. The van der Waals surface area contributed by atoms with E-state index in [1.807, 2.05) is 0 Å². The zero-order chi connectivity index (χ0) is 19.1. The molecule has 0 bridgehead atoms. The standard InChI is InChI=1S/C17H22ClN3O5/c1-3-26-17(24)21-8-6-12(7-9-21)19-16(23)20-14-10-11(15(22)25-2)4-5-13(14)18/h4-5,10,12H,3,6-9H2,1-2H3,(H2,19,20,23). The molecule has 0 radical (unpaired) electrons. The van der Waals surface area contributed by atoms with Crippen LogP contribution in [-0.2, 0) is 9.47 Å². The van der Waals surface area contributed by atoms with Gasteiger partial charge < -0.3 is 25.0 Å². The molecular formula is C17H22ClN3O5. The Kier molecular flexibility index (Phi) is 7.08. The summed E-state index contributed by atoms with van der Waals surface area (Å²) in [6.07, 6.45) is 0.923. The maximum atomic E-state index is 12.2. The average molecular weight is 384 g/mol. The molecule has 1 aromatic carbocycles. The van der Waals surface area contributed by atoms with Crippen molar-refractivity contribution in [2.24, 2.45) is 0 Å². The molecule has 0 aliphatic carbocycles. The van der Waals surface area contributed by atoms with Crippen molar-refractivity contribution < 1.29 is 23.9 Å². The van der Waals surface area contributed by atoms with Crippen molar-refractivity contribution >= 4 is 35.4 Å². The van der Waals surface area contributed by atoms with E-state index in [2.05, 4.69) is 15.4 Å². The second-order valence-corrected chi connectivity index (χ2v) is 6.15. The van der Waals surface area contributed by atoms with Gasteiger partial charge in [-0.3, -0.25) is 0 Å². The van der Waals surface area contributed by atoms with Crippen LogP contribution in [0.15, 0.2) is 18.2 Å². The van der Waals surface area contributed by atoms with Gasteiger partial charge in [0, 0.05) is 19.1 Å². The third-order valence-electron chi connectivity index (χ3n) is 3.99. The molecular weight excluding hydrogens is 362 g/mol. The Hall–Kier alpha value is -2.48. The van der Waals surface area contributed by atoms with Gasteiger partial charge in [0.1, 0.15) is 0 Å². The first-order valence-corrected chi connectivity index (χ1v) is 8.69. The van der Waals surface area contributed by atoms with Crippen LogP contribution in [0.3, 0.4) is 0 Å². The fourth-order valence-electron chi connectivity index (χ4n) is 2.63. The van der Waals surface area contributed by atoms with Gasteiger partial charge in [-0.1, -0.05) is 11.6 Å². The molecule has 1 aliphatic rings. The molecule has 9 heteroatoms. The molecule has 1 heterocycles. The lowest BCUT2D eigenvalue weighted by Gasteiger charge is -2.31. The number of nitrogens with zero attached hydrogens (tertiary/aromatic N) is 1. The lowest BCUT2D eigenvalue weighted by atomic mass is 10.1. The third-order valence-corrected chi connectivity index (χ3v) is 4.32. The van der Waals surface area contributed by atoms with Gasteiger partial charge in [-0.15, -0.1) is 0 Å². The Morgan fingerprint density at radius 1 is 1.27 bits per heavy atom. The van der Waals surface area contributed by atoms with Crippen LogP contribution in [0.1, 0.15) is 30.1 Å². The molecule has 1 fully saturated rings. The summed E-state index contributed by atoms with van der Waals surface area (Å²) in [5.74, 6) is -0.517. The molecule has 0 saturated carbocycles. The Bertz CT molecular complexity index is 674. The van der Waals surface area contributed by atoms with Crippen LogP contribution in [0.25, 0.3) is 0 Å². The van der Waals surface area contributed by atoms with Gasteiger partial charge in [0.15, 0.2) is 0 Å². The van der Waals surface area contributed by atoms with Crippen LogP contribution >= 0.6 is 11.6 Å². The number of piperidine rings is 1. The van der Waals surface area contributed by atoms with Crippen molar-refractivity contribution in [1.29, 1.82) is 0 Å².